The lowest BCUT2D eigenvalue weighted by Crippen LogP contribution is -2.16. The molecule has 2 aromatic rings. The van der Waals surface area contributed by atoms with Gasteiger partial charge >= 0.3 is 0 Å². The summed E-state index contributed by atoms with van der Waals surface area (Å²) in [5.41, 5.74) is 1.73. The second-order valence-electron chi connectivity index (χ2n) is 4.60. The van der Waals surface area contributed by atoms with E-state index in [1.807, 2.05) is 19.1 Å². The SMILES string of the molecule is CCCNc1cncc(C(=O)Nc2c(C)cccc2Cl)n1. The number of para-hydroxylation sites is 1. The Bertz CT molecular complexity index is 625. The number of hydrogen-bond acceptors (Lipinski definition) is 4. The Hall–Kier alpha value is -2.14. The molecule has 0 radical (unpaired) electrons. The van der Waals surface area contributed by atoms with Gasteiger partial charge in [0.2, 0.25) is 0 Å². The van der Waals surface area contributed by atoms with E-state index in [9.17, 15) is 4.79 Å². The number of aryl methyl sites for hydroxylation is 1. The molecule has 6 heteroatoms. The molecule has 1 heterocycles. The number of nitrogens with zero attached hydrogens (tertiary/aromatic N) is 2. The minimum absolute atomic E-state index is 0.246. The van der Waals surface area contributed by atoms with E-state index in [-0.39, 0.29) is 11.6 Å². The average molecular weight is 305 g/mol. The van der Waals surface area contributed by atoms with Crippen LogP contribution in [0.15, 0.2) is 30.6 Å². The first-order chi connectivity index (χ1) is 10.1. The number of carbonyl (C=O) groups is 1. The Kier molecular flexibility index (Phi) is 5.11. The van der Waals surface area contributed by atoms with Crippen molar-refractivity contribution in [2.24, 2.45) is 0 Å². The van der Waals surface area contributed by atoms with Crippen molar-refractivity contribution in [2.45, 2.75) is 20.3 Å². The fourth-order valence-electron chi connectivity index (χ4n) is 1.78. The lowest BCUT2D eigenvalue weighted by molar-refractivity contribution is 0.102. The highest BCUT2D eigenvalue weighted by Gasteiger charge is 2.12. The number of carbonyl (C=O) groups excluding carboxylic acids is 1. The third-order valence-corrected chi connectivity index (χ3v) is 3.20. The molecule has 0 fully saturated rings. The second kappa shape index (κ2) is 7.04. The highest BCUT2D eigenvalue weighted by atomic mass is 35.5. The predicted molar refractivity (Wildman–Crippen MR) is 85.0 cm³/mol. The van der Waals surface area contributed by atoms with E-state index >= 15 is 0 Å². The van der Waals surface area contributed by atoms with Crippen molar-refractivity contribution < 1.29 is 4.79 Å². The van der Waals surface area contributed by atoms with Gasteiger partial charge in [0.15, 0.2) is 0 Å². The van der Waals surface area contributed by atoms with Gasteiger partial charge in [-0.05, 0) is 25.0 Å². The summed E-state index contributed by atoms with van der Waals surface area (Å²) in [5, 5.41) is 6.37. The highest BCUT2D eigenvalue weighted by Crippen LogP contribution is 2.25. The van der Waals surface area contributed by atoms with Crippen LogP contribution in [0, 0.1) is 6.92 Å². The third-order valence-electron chi connectivity index (χ3n) is 2.88. The largest absolute Gasteiger partial charge is 0.369 e. The second-order valence-corrected chi connectivity index (χ2v) is 5.01. The van der Waals surface area contributed by atoms with E-state index in [1.165, 1.54) is 6.20 Å². The van der Waals surface area contributed by atoms with Crippen molar-refractivity contribution in [2.75, 3.05) is 17.2 Å². The van der Waals surface area contributed by atoms with Crippen molar-refractivity contribution >= 4 is 29.0 Å². The van der Waals surface area contributed by atoms with Crippen LogP contribution in [-0.2, 0) is 0 Å². The van der Waals surface area contributed by atoms with Crippen molar-refractivity contribution in [3.63, 3.8) is 0 Å². The van der Waals surface area contributed by atoms with E-state index in [1.54, 1.807) is 12.3 Å². The number of amides is 1. The number of rotatable bonds is 5. The van der Waals surface area contributed by atoms with Crippen LogP contribution in [0.1, 0.15) is 29.4 Å². The fourth-order valence-corrected chi connectivity index (χ4v) is 2.05. The minimum Gasteiger partial charge on any atom is -0.369 e. The van der Waals surface area contributed by atoms with Crippen LogP contribution < -0.4 is 10.6 Å². The molecule has 0 aliphatic rings. The van der Waals surface area contributed by atoms with Gasteiger partial charge in [-0.15, -0.1) is 0 Å². The fraction of sp³-hybridized carbons (Fsp3) is 0.267. The van der Waals surface area contributed by atoms with Crippen LogP contribution in [0.2, 0.25) is 5.02 Å². The molecule has 0 saturated carbocycles. The zero-order valence-electron chi connectivity index (χ0n) is 12.0. The normalized spacial score (nSPS) is 10.2. The summed E-state index contributed by atoms with van der Waals surface area (Å²) < 4.78 is 0. The molecule has 21 heavy (non-hydrogen) atoms. The molecule has 2 rings (SSSR count). The molecule has 2 N–H and O–H groups in total. The summed E-state index contributed by atoms with van der Waals surface area (Å²) in [5.74, 6) is 0.249. The number of benzene rings is 1. The van der Waals surface area contributed by atoms with Crippen molar-refractivity contribution in [1.29, 1.82) is 0 Å². The maximum absolute atomic E-state index is 12.2. The molecule has 0 bridgehead atoms. The van der Waals surface area contributed by atoms with E-state index in [2.05, 4.69) is 27.5 Å². The van der Waals surface area contributed by atoms with Crippen molar-refractivity contribution in [3.8, 4) is 0 Å². The summed E-state index contributed by atoms with van der Waals surface area (Å²) in [6, 6.07) is 5.45. The molecule has 0 atom stereocenters. The van der Waals surface area contributed by atoms with E-state index in [0.29, 0.717) is 16.5 Å². The summed E-state index contributed by atoms with van der Waals surface area (Å²) in [7, 11) is 0. The van der Waals surface area contributed by atoms with Crippen LogP contribution in [0.25, 0.3) is 0 Å². The molecule has 110 valence electrons. The van der Waals surface area contributed by atoms with Crippen molar-refractivity contribution in [1.82, 2.24) is 9.97 Å². The van der Waals surface area contributed by atoms with Gasteiger partial charge in [-0.2, -0.15) is 0 Å². The van der Waals surface area contributed by atoms with Gasteiger partial charge in [-0.3, -0.25) is 9.78 Å². The predicted octanol–water partition coefficient (Wildman–Crippen LogP) is 3.51. The van der Waals surface area contributed by atoms with Crippen LogP contribution in [0.5, 0.6) is 0 Å². The van der Waals surface area contributed by atoms with E-state index in [0.717, 1.165) is 18.5 Å². The first-order valence-electron chi connectivity index (χ1n) is 6.74. The molecule has 1 aromatic carbocycles. The first kappa shape index (κ1) is 15.3. The number of aromatic nitrogens is 2. The maximum Gasteiger partial charge on any atom is 0.276 e. The summed E-state index contributed by atoms with van der Waals surface area (Å²) in [6.45, 7) is 4.72. The lowest BCUT2D eigenvalue weighted by atomic mass is 10.2. The maximum atomic E-state index is 12.2. The van der Waals surface area contributed by atoms with Gasteiger partial charge in [0.25, 0.3) is 5.91 Å². The number of anilines is 2. The molecule has 0 aliphatic heterocycles. The number of halogens is 1. The van der Waals surface area contributed by atoms with Crippen LogP contribution in [0.4, 0.5) is 11.5 Å². The molecular formula is C15H17ClN4O. The lowest BCUT2D eigenvalue weighted by Gasteiger charge is -2.10. The first-order valence-corrected chi connectivity index (χ1v) is 7.12. The Labute approximate surface area is 128 Å². The van der Waals surface area contributed by atoms with E-state index < -0.39 is 0 Å². The Morgan fingerprint density at radius 1 is 1.33 bits per heavy atom. The number of nitrogens with one attached hydrogen (secondary N) is 2. The highest BCUT2D eigenvalue weighted by molar-refractivity contribution is 6.34. The molecule has 0 spiro atoms. The molecule has 1 aromatic heterocycles. The van der Waals surface area contributed by atoms with Crippen LogP contribution >= 0.6 is 11.6 Å². The standard InChI is InChI=1S/C15H17ClN4O/c1-3-7-18-13-9-17-8-12(19-13)15(21)20-14-10(2)5-4-6-11(14)16/h4-6,8-9H,3,7H2,1-2H3,(H,18,19)(H,20,21). The molecular weight excluding hydrogens is 288 g/mol. The van der Waals surface area contributed by atoms with Gasteiger partial charge in [-0.25, -0.2) is 4.98 Å². The number of hydrogen-bond donors (Lipinski definition) is 2. The molecule has 0 aliphatic carbocycles. The topological polar surface area (TPSA) is 66.9 Å². The van der Waals surface area contributed by atoms with Crippen molar-refractivity contribution in [3.05, 3.63) is 46.9 Å². The molecule has 0 saturated heterocycles. The third kappa shape index (κ3) is 3.92. The summed E-state index contributed by atoms with van der Waals surface area (Å²) in [6.07, 6.45) is 3.99. The molecule has 0 unspecified atom stereocenters. The van der Waals surface area contributed by atoms with E-state index in [4.69, 9.17) is 11.6 Å². The van der Waals surface area contributed by atoms with Crippen LogP contribution in [0.3, 0.4) is 0 Å². The summed E-state index contributed by atoms with van der Waals surface area (Å²) in [4.78, 5) is 20.5. The quantitative estimate of drug-likeness (QED) is 0.887. The minimum atomic E-state index is -0.334. The monoisotopic (exact) mass is 304 g/mol. The van der Waals surface area contributed by atoms with Gasteiger partial charge in [0, 0.05) is 6.54 Å². The van der Waals surface area contributed by atoms with Crippen LogP contribution in [-0.4, -0.2) is 22.4 Å². The average Bonchev–Trinajstić information content (AvgIpc) is 2.49. The Morgan fingerprint density at radius 3 is 2.86 bits per heavy atom. The Balaban J connectivity index is 2.17. The summed E-state index contributed by atoms with van der Waals surface area (Å²) >= 11 is 6.10. The van der Waals surface area contributed by atoms with Gasteiger partial charge < -0.3 is 10.6 Å². The smallest absolute Gasteiger partial charge is 0.276 e. The zero-order chi connectivity index (χ0) is 15.2. The van der Waals surface area contributed by atoms with Gasteiger partial charge in [-0.1, -0.05) is 30.7 Å². The Morgan fingerprint density at radius 2 is 2.14 bits per heavy atom. The molecule has 1 amide bonds. The zero-order valence-corrected chi connectivity index (χ0v) is 12.7. The van der Waals surface area contributed by atoms with Gasteiger partial charge in [0.05, 0.1) is 23.1 Å². The molecule has 5 nitrogen and oxygen atoms in total. The van der Waals surface area contributed by atoms with Gasteiger partial charge in [0.1, 0.15) is 11.5 Å².